The molecular formula is C17H18N4. The van der Waals surface area contributed by atoms with Gasteiger partial charge in [0.15, 0.2) is 0 Å². The van der Waals surface area contributed by atoms with E-state index in [-0.39, 0.29) is 6.04 Å². The van der Waals surface area contributed by atoms with E-state index in [0.29, 0.717) is 0 Å². The number of hydrogen-bond acceptors (Lipinski definition) is 3. The predicted octanol–water partition coefficient (Wildman–Crippen LogP) is 2.73. The minimum atomic E-state index is -0.116. The highest BCUT2D eigenvalue weighted by molar-refractivity contribution is 5.34. The number of nitrogens with one attached hydrogen (secondary N) is 1. The Morgan fingerprint density at radius 2 is 1.86 bits per heavy atom. The van der Waals surface area contributed by atoms with E-state index in [1.165, 1.54) is 5.56 Å². The van der Waals surface area contributed by atoms with Gasteiger partial charge in [0, 0.05) is 6.20 Å². The highest BCUT2D eigenvalue weighted by Crippen LogP contribution is 2.21. The van der Waals surface area contributed by atoms with E-state index >= 15 is 0 Å². The van der Waals surface area contributed by atoms with Crippen LogP contribution in [0.3, 0.4) is 0 Å². The van der Waals surface area contributed by atoms with Crippen LogP contribution in [0.2, 0.25) is 0 Å². The summed E-state index contributed by atoms with van der Waals surface area (Å²) in [4.78, 5) is 0. The van der Waals surface area contributed by atoms with Gasteiger partial charge in [-0.1, -0.05) is 48.0 Å². The molecule has 21 heavy (non-hydrogen) atoms. The van der Waals surface area contributed by atoms with Gasteiger partial charge in [0.1, 0.15) is 0 Å². The zero-order chi connectivity index (χ0) is 14.7. The summed E-state index contributed by atoms with van der Waals surface area (Å²) in [5, 5.41) is 4.63. The van der Waals surface area contributed by atoms with Gasteiger partial charge < -0.3 is 0 Å². The lowest BCUT2D eigenvalue weighted by Gasteiger charge is -2.14. The molecule has 0 aliphatic rings. The maximum Gasteiger partial charge on any atom is 0.0900 e. The van der Waals surface area contributed by atoms with Crippen LogP contribution in [-0.4, -0.2) is 9.78 Å². The van der Waals surface area contributed by atoms with Gasteiger partial charge in [0.05, 0.1) is 17.4 Å². The van der Waals surface area contributed by atoms with E-state index in [4.69, 9.17) is 5.84 Å². The molecule has 1 unspecified atom stereocenters. The molecule has 106 valence electrons. The van der Waals surface area contributed by atoms with Crippen molar-refractivity contribution in [3.63, 3.8) is 0 Å². The Bertz CT molecular complexity index is 718. The minimum Gasteiger partial charge on any atom is -0.271 e. The third-order valence-corrected chi connectivity index (χ3v) is 3.47. The quantitative estimate of drug-likeness (QED) is 0.570. The largest absolute Gasteiger partial charge is 0.271 e. The number of aryl methyl sites for hydroxylation is 1. The van der Waals surface area contributed by atoms with Crippen molar-refractivity contribution in [3.05, 3.63) is 83.7 Å². The third-order valence-electron chi connectivity index (χ3n) is 3.47. The SMILES string of the molecule is Cc1cccc(C(NN)c2ccn(-c3ccccc3)n2)c1. The Morgan fingerprint density at radius 1 is 1.05 bits per heavy atom. The van der Waals surface area contributed by atoms with Gasteiger partial charge in [0.25, 0.3) is 0 Å². The first-order valence-electron chi connectivity index (χ1n) is 6.91. The third kappa shape index (κ3) is 2.86. The standard InChI is InChI=1S/C17H18N4/c1-13-6-5-7-14(12-13)17(19-18)16-10-11-21(20-16)15-8-3-2-4-9-15/h2-12,17,19H,18H2,1H3. The van der Waals surface area contributed by atoms with Crippen molar-refractivity contribution in [2.24, 2.45) is 5.84 Å². The van der Waals surface area contributed by atoms with E-state index in [1.807, 2.05) is 53.3 Å². The zero-order valence-electron chi connectivity index (χ0n) is 11.9. The monoisotopic (exact) mass is 278 g/mol. The van der Waals surface area contributed by atoms with Crippen LogP contribution in [0.4, 0.5) is 0 Å². The number of rotatable bonds is 4. The molecule has 0 saturated carbocycles. The summed E-state index contributed by atoms with van der Waals surface area (Å²) in [7, 11) is 0. The smallest absolute Gasteiger partial charge is 0.0900 e. The summed E-state index contributed by atoms with van der Waals surface area (Å²) < 4.78 is 1.86. The van der Waals surface area contributed by atoms with Gasteiger partial charge in [-0.3, -0.25) is 5.84 Å². The number of hydrogen-bond donors (Lipinski definition) is 2. The number of benzene rings is 2. The maximum absolute atomic E-state index is 5.74. The topological polar surface area (TPSA) is 55.9 Å². The van der Waals surface area contributed by atoms with Crippen LogP contribution in [0.1, 0.15) is 22.9 Å². The molecule has 0 fully saturated rings. The van der Waals surface area contributed by atoms with Crippen molar-refractivity contribution in [1.82, 2.24) is 15.2 Å². The van der Waals surface area contributed by atoms with E-state index in [2.05, 4.69) is 35.6 Å². The van der Waals surface area contributed by atoms with Gasteiger partial charge in [-0.2, -0.15) is 5.10 Å². The van der Waals surface area contributed by atoms with Crippen molar-refractivity contribution < 1.29 is 0 Å². The lowest BCUT2D eigenvalue weighted by atomic mass is 10.0. The molecule has 3 rings (SSSR count). The fourth-order valence-electron chi connectivity index (χ4n) is 2.42. The first-order valence-corrected chi connectivity index (χ1v) is 6.91. The molecule has 0 aliphatic carbocycles. The van der Waals surface area contributed by atoms with Gasteiger partial charge in [0.2, 0.25) is 0 Å². The first kappa shape index (κ1) is 13.5. The molecule has 0 saturated heterocycles. The summed E-state index contributed by atoms with van der Waals surface area (Å²) in [6.07, 6.45) is 1.95. The molecule has 4 heteroatoms. The van der Waals surface area contributed by atoms with Crippen molar-refractivity contribution in [3.8, 4) is 5.69 Å². The fourth-order valence-corrected chi connectivity index (χ4v) is 2.42. The first-order chi connectivity index (χ1) is 10.3. The van der Waals surface area contributed by atoms with Crippen molar-refractivity contribution in [1.29, 1.82) is 0 Å². The summed E-state index contributed by atoms with van der Waals surface area (Å²) in [5.41, 5.74) is 7.09. The second-order valence-electron chi connectivity index (χ2n) is 5.03. The van der Waals surface area contributed by atoms with Crippen LogP contribution in [0, 0.1) is 6.92 Å². The molecule has 1 aromatic heterocycles. The van der Waals surface area contributed by atoms with Crippen LogP contribution < -0.4 is 11.3 Å². The molecule has 3 aromatic rings. The van der Waals surface area contributed by atoms with Crippen LogP contribution in [-0.2, 0) is 0 Å². The molecule has 0 aliphatic heterocycles. The number of para-hydroxylation sites is 1. The predicted molar refractivity (Wildman–Crippen MR) is 83.9 cm³/mol. The molecule has 0 bridgehead atoms. The number of nitrogens with zero attached hydrogens (tertiary/aromatic N) is 2. The summed E-state index contributed by atoms with van der Waals surface area (Å²) in [6, 6.07) is 20.2. The Labute approximate surface area is 124 Å². The highest BCUT2D eigenvalue weighted by Gasteiger charge is 2.15. The molecular weight excluding hydrogens is 260 g/mol. The van der Waals surface area contributed by atoms with Crippen LogP contribution in [0.5, 0.6) is 0 Å². The lowest BCUT2D eigenvalue weighted by molar-refractivity contribution is 0.612. The Hall–Kier alpha value is -2.43. The van der Waals surface area contributed by atoms with Crippen molar-refractivity contribution in [2.75, 3.05) is 0 Å². The molecule has 4 nitrogen and oxygen atoms in total. The molecule has 1 atom stereocenters. The molecule has 3 N–H and O–H groups in total. The Balaban J connectivity index is 1.94. The lowest BCUT2D eigenvalue weighted by Crippen LogP contribution is -2.29. The summed E-state index contributed by atoms with van der Waals surface area (Å²) in [6.45, 7) is 2.07. The summed E-state index contributed by atoms with van der Waals surface area (Å²) in [5.74, 6) is 5.74. The van der Waals surface area contributed by atoms with Gasteiger partial charge in [-0.05, 0) is 30.7 Å². The van der Waals surface area contributed by atoms with E-state index < -0.39 is 0 Å². The highest BCUT2D eigenvalue weighted by atomic mass is 15.3. The van der Waals surface area contributed by atoms with Gasteiger partial charge in [-0.25, -0.2) is 10.1 Å². The number of aromatic nitrogens is 2. The minimum absolute atomic E-state index is 0.116. The normalized spacial score (nSPS) is 12.3. The van der Waals surface area contributed by atoms with Crippen LogP contribution in [0.15, 0.2) is 66.9 Å². The van der Waals surface area contributed by atoms with Gasteiger partial charge >= 0.3 is 0 Å². The fraction of sp³-hybridized carbons (Fsp3) is 0.118. The molecule has 1 heterocycles. The zero-order valence-corrected chi connectivity index (χ0v) is 11.9. The molecule has 0 amide bonds. The second-order valence-corrected chi connectivity index (χ2v) is 5.03. The van der Waals surface area contributed by atoms with Crippen molar-refractivity contribution in [2.45, 2.75) is 13.0 Å². The van der Waals surface area contributed by atoms with Crippen LogP contribution in [0.25, 0.3) is 5.69 Å². The van der Waals surface area contributed by atoms with E-state index in [1.54, 1.807) is 0 Å². The Kier molecular flexibility index (Phi) is 3.81. The van der Waals surface area contributed by atoms with E-state index in [9.17, 15) is 0 Å². The maximum atomic E-state index is 5.74. The van der Waals surface area contributed by atoms with E-state index in [0.717, 1.165) is 16.9 Å². The second kappa shape index (κ2) is 5.91. The Morgan fingerprint density at radius 3 is 2.57 bits per heavy atom. The average molecular weight is 278 g/mol. The van der Waals surface area contributed by atoms with Crippen LogP contribution >= 0.6 is 0 Å². The number of nitrogens with two attached hydrogens (primary N) is 1. The molecule has 0 radical (unpaired) electrons. The average Bonchev–Trinajstić information content (AvgIpc) is 2.99. The summed E-state index contributed by atoms with van der Waals surface area (Å²) >= 11 is 0. The van der Waals surface area contributed by atoms with Crippen molar-refractivity contribution >= 4 is 0 Å². The molecule has 2 aromatic carbocycles. The number of hydrazine groups is 1. The van der Waals surface area contributed by atoms with Gasteiger partial charge in [-0.15, -0.1) is 0 Å². The molecule has 0 spiro atoms.